The molecule has 0 rings (SSSR count). The lowest BCUT2D eigenvalue weighted by Crippen LogP contribution is -2.47. The fourth-order valence-electron chi connectivity index (χ4n) is 0.789. The highest BCUT2D eigenvalue weighted by molar-refractivity contribution is 5.74. The molecule has 2 amide bonds. The van der Waals surface area contributed by atoms with Crippen LogP contribution in [0.5, 0.6) is 0 Å². The first-order valence-electron chi connectivity index (χ1n) is 5.41. The average Bonchev–Trinajstić information content (AvgIpc) is 2.03. The van der Waals surface area contributed by atoms with Gasteiger partial charge >= 0.3 is 6.03 Å². The third-order valence-electron chi connectivity index (χ3n) is 2.72. The van der Waals surface area contributed by atoms with Gasteiger partial charge < -0.3 is 10.6 Å². The number of hydrogen-bond donors (Lipinski definition) is 2. The van der Waals surface area contributed by atoms with E-state index >= 15 is 0 Å². The number of rotatable bonds is 4. The van der Waals surface area contributed by atoms with Crippen molar-refractivity contribution in [3.8, 4) is 0 Å². The Morgan fingerprint density at radius 3 is 1.29 bits per heavy atom. The summed E-state index contributed by atoms with van der Waals surface area (Å²) in [5, 5.41) is 5.83. The molecule has 0 aromatic carbocycles. The van der Waals surface area contributed by atoms with Crippen molar-refractivity contribution >= 4 is 6.03 Å². The lowest BCUT2D eigenvalue weighted by molar-refractivity contribution is 0.228. The summed E-state index contributed by atoms with van der Waals surface area (Å²) in [5.41, 5.74) is 0. The Bertz CT molecular complexity index is 160. The highest BCUT2D eigenvalue weighted by Crippen LogP contribution is 2.01. The van der Waals surface area contributed by atoms with E-state index in [2.05, 4.69) is 38.3 Å². The second-order valence-electron chi connectivity index (χ2n) is 4.68. The number of urea groups is 1. The summed E-state index contributed by atoms with van der Waals surface area (Å²) in [4.78, 5) is 11.5. The van der Waals surface area contributed by atoms with Crippen molar-refractivity contribution in [1.29, 1.82) is 0 Å². The highest BCUT2D eigenvalue weighted by atomic mass is 16.2. The monoisotopic (exact) mass is 200 g/mol. The fraction of sp³-hybridized carbons (Fsp3) is 0.909. The Morgan fingerprint density at radius 2 is 1.07 bits per heavy atom. The molecule has 0 aromatic rings. The minimum atomic E-state index is -0.0626. The van der Waals surface area contributed by atoms with Gasteiger partial charge in [0.1, 0.15) is 0 Å². The molecule has 0 radical (unpaired) electrons. The van der Waals surface area contributed by atoms with Crippen LogP contribution in [0.2, 0.25) is 0 Å². The molecule has 0 spiro atoms. The van der Waals surface area contributed by atoms with E-state index in [1.807, 2.05) is 13.8 Å². The second-order valence-corrected chi connectivity index (χ2v) is 4.68. The van der Waals surface area contributed by atoms with Crippen molar-refractivity contribution in [3.05, 3.63) is 0 Å². The number of amides is 2. The van der Waals surface area contributed by atoms with Crippen molar-refractivity contribution in [2.45, 2.75) is 53.6 Å². The summed E-state index contributed by atoms with van der Waals surface area (Å²) in [6.45, 7) is 12.4. The molecule has 0 heterocycles. The van der Waals surface area contributed by atoms with Gasteiger partial charge in [-0.1, -0.05) is 27.7 Å². The zero-order valence-electron chi connectivity index (χ0n) is 10.2. The van der Waals surface area contributed by atoms with Crippen LogP contribution < -0.4 is 10.6 Å². The van der Waals surface area contributed by atoms with Crippen LogP contribution in [0.1, 0.15) is 41.5 Å². The van der Waals surface area contributed by atoms with Gasteiger partial charge in [0.2, 0.25) is 0 Å². The van der Waals surface area contributed by atoms with Crippen LogP contribution in [0.25, 0.3) is 0 Å². The van der Waals surface area contributed by atoms with Crippen LogP contribution in [0.3, 0.4) is 0 Å². The molecule has 3 heteroatoms. The Hall–Kier alpha value is -0.730. The maximum atomic E-state index is 11.5. The van der Waals surface area contributed by atoms with Gasteiger partial charge in [-0.05, 0) is 25.7 Å². The number of hydrogen-bond acceptors (Lipinski definition) is 1. The zero-order valence-corrected chi connectivity index (χ0v) is 10.2. The standard InChI is InChI=1S/C11H24N2O/c1-7(2)9(5)12-11(14)13-10(6)8(3)4/h7-10H,1-6H3,(H2,12,13,14). The van der Waals surface area contributed by atoms with Crippen molar-refractivity contribution in [3.63, 3.8) is 0 Å². The number of carbonyl (C=O) groups is 1. The maximum absolute atomic E-state index is 11.5. The minimum Gasteiger partial charge on any atom is -0.335 e. The number of carbonyl (C=O) groups excluding carboxylic acids is 1. The third kappa shape index (κ3) is 5.10. The summed E-state index contributed by atoms with van der Waals surface area (Å²) in [7, 11) is 0. The van der Waals surface area contributed by atoms with Crippen LogP contribution in [-0.2, 0) is 0 Å². The number of nitrogens with one attached hydrogen (secondary N) is 2. The normalized spacial score (nSPS) is 15.4. The molecule has 0 saturated heterocycles. The molecule has 3 nitrogen and oxygen atoms in total. The Morgan fingerprint density at radius 1 is 0.786 bits per heavy atom. The van der Waals surface area contributed by atoms with E-state index in [4.69, 9.17) is 0 Å². The molecule has 0 aliphatic heterocycles. The van der Waals surface area contributed by atoms with E-state index in [1.165, 1.54) is 0 Å². The van der Waals surface area contributed by atoms with Gasteiger partial charge in [0.15, 0.2) is 0 Å². The molecular formula is C11H24N2O. The van der Waals surface area contributed by atoms with Crippen molar-refractivity contribution < 1.29 is 4.79 Å². The molecule has 84 valence electrons. The van der Waals surface area contributed by atoms with Crippen LogP contribution in [0.15, 0.2) is 0 Å². The molecule has 0 saturated carbocycles. The molecule has 2 atom stereocenters. The van der Waals surface area contributed by atoms with Gasteiger partial charge in [-0.25, -0.2) is 4.79 Å². The maximum Gasteiger partial charge on any atom is 0.315 e. The molecule has 2 unspecified atom stereocenters. The molecule has 0 aliphatic carbocycles. The smallest absolute Gasteiger partial charge is 0.315 e. The zero-order chi connectivity index (χ0) is 11.3. The summed E-state index contributed by atoms with van der Waals surface area (Å²) in [6, 6.07) is 0.371. The highest BCUT2D eigenvalue weighted by Gasteiger charge is 2.13. The quantitative estimate of drug-likeness (QED) is 0.718. The van der Waals surface area contributed by atoms with Crippen molar-refractivity contribution in [2.75, 3.05) is 0 Å². The van der Waals surface area contributed by atoms with Crippen molar-refractivity contribution in [1.82, 2.24) is 10.6 Å². The van der Waals surface area contributed by atoms with E-state index in [1.54, 1.807) is 0 Å². The molecule has 0 aromatic heterocycles. The average molecular weight is 200 g/mol. The van der Waals surface area contributed by atoms with Gasteiger partial charge in [0.25, 0.3) is 0 Å². The predicted octanol–water partition coefficient (Wildman–Crippen LogP) is 2.37. The minimum absolute atomic E-state index is 0.0626. The second kappa shape index (κ2) is 5.89. The Kier molecular flexibility index (Phi) is 5.58. The van der Waals surface area contributed by atoms with Crippen molar-refractivity contribution in [2.24, 2.45) is 11.8 Å². The fourth-order valence-corrected chi connectivity index (χ4v) is 0.789. The molecular weight excluding hydrogens is 176 g/mol. The first-order chi connectivity index (χ1) is 6.34. The van der Waals surface area contributed by atoms with E-state index < -0.39 is 0 Å². The SMILES string of the molecule is CC(C)C(C)NC(=O)NC(C)C(C)C. The molecule has 0 bridgehead atoms. The Labute approximate surface area is 87.6 Å². The third-order valence-corrected chi connectivity index (χ3v) is 2.72. The van der Waals surface area contributed by atoms with Gasteiger partial charge in [0, 0.05) is 12.1 Å². The summed E-state index contributed by atoms with van der Waals surface area (Å²) in [5.74, 6) is 0.935. The van der Waals surface area contributed by atoms with Gasteiger partial charge in [0.05, 0.1) is 0 Å². The van der Waals surface area contributed by atoms with E-state index in [0.29, 0.717) is 11.8 Å². The largest absolute Gasteiger partial charge is 0.335 e. The van der Waals surface area contributed by atoms with E-state index in [-0.39, 0.29) is 18.1 Å². The Balaban J connectivity index is 3.87. The molecule has 14 heavy (non-hydrogen) atoms. The summed E-state index contributed by atoms with van der Waals surface area (Å²) < 4.78 is 0. The first-order valence-corrected chi connectivity index (χ1v) is 5.41. The van der Waals surface area contributed by atoms with Gasteiger partial charge in [-0.15, -0.1) is 0 Å². The molecule has 0 fully saturated rings. The molecule has 2 N–H and O–H groups in total. The van der Waals surface area contributed by atoms with Gasteiger partial charge in [-0.3, -0.25) is 0 Å². The molecule has 0 aliphatic rings. The first kappa shape index (κ1) is 13.3. The van der Waals surface area contributed by atoms with Crippen LogP contribution in [0, 0.1) is 11.8 Å². The van der Waals surface area contributed by atoms with E-state index in [0.717, 1.165) is 0 Å². The van der Waals surface area contributed by atoms with Crippen LogP contribution >= 0.6 is 0 Å². The lowest BCUT2D eigenvalue weighted by atomic mass is 10.1. The summed E-state index contributed by atoms with van der Waals surface area (Å²) >= 11 is 0. The predicted molar refractivity (Wildman–Crippen MR) is 60.3 cm³/mol. The summed E-state index contributed by atoms with van der Waals surface area (Å²) in [6.07, 6.45) is 0. The van der Waals surface area contributed by atoms with Crippen LogP contribution in [0.4, 0.5) is 4.79 Å². The van der Waals surface area contributed by atoms with E-state index in [9.17, 15) is 4.79 Å². The lowest BCUT2D eigenvalue weighted by Gasteiger charge is -2.22. The van der Waals surface area contributed by atoms with Gasteiger partial charge in [-0.2, -0.15) is 0 Å². The van der Waals surface area contributed by atoms with Crippen LogP contribution in [-0.4, -0.2) is 18.1 Å². The topological polar surface area (TPSA) is 41.1 Å².